The lowest BCUT2D eigenvalue weighted by Gasteiger charge is -2.28. The van der Waals surface area contributed by atoms with Crippen LogP contribution in [0.25, 0.3) is 0 Å². The van der Waals surface area contributed by atoms with E-state index in [2.05, 4.69) is 30.7 Å². The summed E-state index contributed by atoms with van der Waals surface area (Å²) in [4.78, 5) is 15.3. The maximum absolute atomic E-state index is 13.3. The van der Waals surface area contributed by atoms with E-state index in [-0.39, 0.29) is 11.8 Å². The average molecular weight is 419 g/mol. The Morgan fingerprint density at radius 2 is 1.97 bits per heavy atom. The van der Waals surface area contributed by atoms with Gasteiger partial charge in [-0.3, -0.25) is 4.79 Å². The molecule has 0 saturated carbocycles. The number of hydrogen-bond donors (Lipinski definition) is 0. The van der Waals surface area contributed by atoms with Crippen molar-refractivity contribution in [3.63, 3.8) is 0 Å². The topological polar surface area (TPSA) is 34.5 Å². The minimum Gasteiger partial charge on any atom is -0.385 e. The highest BCUT2D eigenvalue weighted by Gasteiger charge is 2.23. The summed E-state index contributed by atoms with van der Waals surface area (Å²) in [5.74, 6) is 0.368. The smallest absolute Gasteiger partial charge is 0.226 e. The number of rotatable bonds is 13. The van der Waals surface area contributed by atoms with Gasteiger partial charge in [0.1, 0.15) is 0 Å². The number of benzene rings is 1. The molecule has 1 heterocycles. The van der Waals surface area contributed by atoms with Crippen molar-refractivity contribution >= 4 is 17.5 Å². The molecule has 0 bridgehead atoms. The summed E-state index contributed by atoms with van der Waals surface area (Å²) < 4.78 is 7.40. The van der Waals surface area contributed by atoms with Crippen molar-refractivity contribution in [3.8, 4) is 0 Å². The van der Waals surface area contributed by atoms with E-state index in [4.69, 9.17) is 16.3 Å². The van der Waals surface area contributed by atoms with Crippen LogP contribution in [0, 0.1) is 5.92 Å². The molecule has 1 amide bonds. The standard InChI is InChI=1S/C24H35ClN2O2/c1-4-6-11-20(5-2)24(28)27(16-10-17-29-3)19-22-13-9-15-26(22)18-21-12-7-8-14-23(21)25/h7-9,12-15,20H,4-6,10-11,16-19H2,1-3H3. The maximum Gasteiger partial charge on any atom is 0.226 e. The quantitative estimate of drug-likeness (QED) is 0.387. The molecule has 0 fully saturated rings. The maximum atomic E-state index is 13.3. The molecule has 1 unspecified atom stereocenters. The van der Waals surface area contributed by atoms with Crippen LogP contribution < -0.4 is 0 Å². The molecule has 2 aromatic rings. The molecule has 4 nitrogen and oxygen atoms in total. The largest absolute Gasteiger partial charge is 0.385 e. The van der Waals surface area contributed by atoms with Gasteiger partial charge in [-0.05, 0) is 43.0 Å². The molecule has 1 aromatic carbocycles. The fourth-order valence-electron chi connectivity index (χ4n) is 3.63. The first-order valence-electron chi connectivity index (χ1n) is 10.8. The molecule has 0 aliphatic carbocycles. The van der Waals surface area contributed by atoms with Crippen molar-refractivity contribution < 1.29 is 9.53 Å². The van der Waals surface area contributed by atoms with Gasteiger partial charge in [-0.2, -0.15) is 0 Å². The first kappa shape index (κ1) is 23.5. The lowest BCUT2D eigenvalue weighted by Crippen LogP contribution is -2.37. The van der Waals surface area contributed by atoms with Crippen molar-refractivity contribution in [3.05, 3.63) is 58.9 Å². The molecule has 0 N–H and O–H groups in total. The molecule has 5 heteroatoms. The molecule has 29 heavy (non-hydrogen) atoms. The molecule has 0 aliphatic rings. The van der Waals surface area contributed by atoms with Crippen molar-refractivity contribution in [1.82, 2.24) is 9.47 Å². The van der Waals surface area contributed by atoms with E-state index < -0.39 is 0 Å². The zero-order valence-corrected chi connectivity index (χ0v) is 18.8. The Labute approximate surface area is 180 Å². The third kappa shape index (κ3) is 7.20. The van der Waals surface area contributed by atoms with E-state index in [9.17, 15) is 4.79 Å². The average Bonchev–Trinajstić information content (AvgIpc) is 3.16. The van der Waals surface area contributed by atoms with E-state index >= 15 is 0 Å². The number of unbranched alkanes of at least 4 members (excludes halogenated alkanes) is 1. The van der Waals surface area contributed by atoms with Crippen molar-refractivity contribution in [2.75, 3.05) is 20.3 Å². The number of carbonyl (C=O) groups excluding carboxylic acids is 1. The zero-order valence-electron chi connectivity index (χ0n) is 18.1. The number of halogens is 1. The van der Waals surface area contributed by atoms with Crippen LogP contribution in [-0.4, -0.2) is 35.6 Å². The summed E-state index contributed by atoms with van der Waals surface area (Å²) in [6.07, 6.45) is 6.98. The van der Waals surface area contributed by atoms with E-state index in [1.807, 2.05) is 35.2 Å². The van der Waals surface area contributed by atoms with Crippen LogP contribution >= 0.6 is 11.6 Å². The Morgan fingerprint density at radius 3 is 2.66 bits per heavy atom. The Morgan fingerprint density at radius 1 is 1.17 bits per heavy atom. The minimum atomic E-state index is 0.101. The minimum absolute atomic E-state index is 0.101. The molecule has 0 saturated heterocycles. The number of carbonyl (C=O) groups is 1. The lowest BCUT2D eigenvalue weighted by atomic mass is 9.97. The van der Waals surface area contributed by atoms with Crippen molar-refractivity contribution in [1.29, 1.82) is 0 Å². The first-order chi connectivity index (χ1) is 14.1. The predicted molar refractivity (Wildman–Crippen MR) is 120 cm³/mol. The summed E-state index contributed by atoms with van der Waals surface area (Å²) in [7, 11) is 1.71. The van der Waals surface area contributed by atoms with Gasteiger partial charge in [0.15, 0.2) is 0 Å². The predicted octanol–water partition coefficient (Wildman–Crippen LogP) is 5.77. The van der Waals surface area contributed by atoms with Gasteiger partial charge in [0.05, 0.1) is 6.54 Å². The van der Waals surface area contributed by atoms with Gasteiger partial charge in [-0.15, -0.1) is 0 Å². The lowest BCUT2D eigenvalue weighted by molar-refractivity contribution is -0.136. The Hall–Kier alpha value is -1.78. The van der Waals surface area contributed by atoms with E-state index in [1.165, 1.54) is 0 Å². The van der Waals surface area contributed by atoms with Gasteiger partial charge in [-0.1, -0.05) is 56.5 Å². The van der Waals surface area contributed by atoms with Crippen molar-refractivity contribution in [2.24, 2.45) is 5.92 Å². The number of ether oxygens (including phenoxy) is 1. The molecular weight excluding hydrogens is 384 g/mol. The van der Waals surface area contributed by atoms with Crippen LogP contribution in [0.3, 0.4) is 0 Å². The number of aromatic nitrogens is 1. The molecule has 160 valence electrons. The zero-order chi connectivity index (χ0) is 21.1. The van der Waals surface area contributed by atoms with Crippen LogP contribution in [0.4, 0.5) is 0 Å². The third-order valence-electron chi connectivity index (χ3n) is 5.41. The second-order valence-electron chi connectivity index (χ2n) is 7.57. The van der Waals surface area contributed by atoms with E-state index in [0.717, 1.165) is 48.4 Å². The highest BCUT2D eigenvalue weighted by Crippen LogP contribution is 2.21. The van der Waals surface area contributed by atoms with E-state index in [0.29, 0.717) is 26.2 Å². The number of hydrogen-bond acceptors (Lipinski definition) is 2. The van der Waals surface area contributed by atoms with Crippen molar-refractivity contribution in [2.45, 2.75) is 59.0 Å². The van der Waals surface area contributed by atoms with Gasteiger partial charge >= 0.3 is 0 Å². The summed E-state index contributed by atoms with van der Waals surface area (Å²) in [5, 5.41) is 0.769. The molecule has 0 aliphatic heterocycles. The number of methoxy groups -OCH3 is 1. The van der Waals surface area contributed by atoms with Gasteiger partial charge in [0.2, 0.25) is 5.91 Å². The fourth-order valence-corrected chi connectivity index (χ4v) is 3.83. The molecule has 0 spiro atoms. The Balaban J connectivity index is 2.15. The highest BCUT2D eigenvalue weighted by molar-refractivity contribution is 6.31. The molecule has 0 radical (unpaired) electrons. The van der Waals surface area contributed by atoms with E-state index in [1.54, 1.807) is 7.11 Å². The summed E-state index contributed by atoms with van der Waals surface area (Å²) in [5.41, 5.74) is 2.21. The number of amides is 1. The third-order valence-corrected chi connectivity index (χ3v) is 5.78. The molecular formula is C24H35ClN2O2. The molecule has 1 atom stereocenters. The first-order valence-corrected chi connectivity index (χ1v) is 11.1. The van der Waals surface area contributed by atoms with Gasteiger partial charge in [-0.25, -0.2) is 0 Å². The fraction of sp³-hybridized carbons (Fsp3) is 0.542. The SMILES string of the molecule is CCCCC(CC)C(=O)N(CCCOC)Cc1cccn1Cc1ccccc1Cl. The molecule has 1 aromatic heterocycles. The second-order valence-corrected chi connectivity index (χ2v) is 7.98. The summed E-state index contributed by atoms with van der Waals surface area (Å²) in [6.45, 7) is 6.99. The van der Waals surface area contributed by atoms with Crippen LogP contribution in [0.2, 0.25) is 5.02 Å². The summed E-state index contributed by atoms with van der Waals surface area (Å²) in [6, 6.07) is 12.1. The van der Waals surface area contributed by atoms with Gasteiger partial charge in [0, 0.05) is 49.6 Å². The normalized spacial score (nSPS) is 12.1. The van der Waals surface area contributed by atoms with Crippen LogP contribution in [0.5, 0.6) is 0 Å². The van der Waals surface area contributed by atoms with Gasteiger partial charge in [0.25, 0.3) is 0 Å². The highest BCUT2D eigenvalue weighted by atomic mass is 35.5. The van der Waals surface area contributed by atoms with Crippen LogP contribution in [-0.2, 0) is 22.6 Å². The van der Waals surface area contributed by atoms with Gasteiger partial charge < -0.3 is 14.2 Å². The Bertz CT molecular complexity index is 744. The Kier molecular flexibility index (Phi) is 10.3. The summed E-state index contributed by atoms with van der Waals surface area (Å²) >= 11 is 6.35. The second kappa shape index (κ2) is 12.7. The van der Waals surface area contributed by atoms with Crippen LogP contribution in [0.1, 0.15) is 57.2 Å². The monoisotopic (exact) mass is 418 g/mol. The number of nitrogens with zero attached hydrogens (tertiary/aromatic N) is 2. The van der Waals surface area contributed by atoms with Crippen LogP contribution in [0.15, 0.2) is 42.6 Å². The molecule has 2 rings (SSSR count).